The fourth-order valence-corrected chi connectivity index (χ4v) is 1.44. The van der Waals surface area contributed by atoms with E-state index in [9.17, 15) is 9.90 Å². The lowest BCUT2D eigenvalue weighted by atomic mass is 10.2. The molecule has 0 fully saturated rings. The van der Waals surface area contributed by atoms with Crippen LogP contribution < -0.4 is 11.1 Å². The van der Waals surface area contributed by atoms with Crippen LogP contribution in [0.15, 0.2) is 23.2 Å². The SMILES string of the molecule is CCCCN=C(N)NC(=O)c1cc(Cl)ccc1O. The molecule has 0 aliphatic carbocycles. The van der Waals surface area contributed by atoms with Crippen LogP contribution in [-0.4, -0.2) is 23.5 Å². The van der Waals surface area contributed by atoms with Crippen molar-refractivity contribution in [3.8, 4) is 5.75 Å². The quantitative estimate of drug-likeness (QED) is 0.443. The number of rotatable bonds is 4. The van der Waals surface area contributed by atoms with E-state index < -0.39 is 5.91 Å². The number of halogens is 1. The number of nitrogens with zero attached hydrogens (tertiary/aromatic N) is 1. The molecule has 4 N–H and O–H groups in total. The van der Waals surface area contributed by atoms with E-state index in [0.717, 1.165) is 12.8 Å². The van der Waals surface area contributed by atoms with E-state index in [2.05, 4.69) is 10.3 Å². The number of guanidine groups is 1. The molecule has 0 aliphatic rings. The highest BCUT2D eigenvalue weighted by atomic mass is 35.5. The fraction of sp³-hybridized carbons (Fsp3) is 0.333. The summed E-state index contributed by atoms with van der Waals surface area (Å²) in [4.78, 5) is 15.7. The molecule has 18 heavy (non-hydrogen) atoms. The number of aromatic hydroxyl groups is 1. The number of aliphatic imine (C=N–C) groups is 1. The van der Waals surface area contributed by atoms with Crippen LogP contribution in [0, 0.1) is 0 Å². The summed E-state index contributed by atoms with van der Waals surface area (Å²) in [5.74, 6) is -0.654. The minimum Gasteiger partial charge on any atom is -0.507 e. The maximum atomic E-state index is 11.8. The summed E-state index contributed by atoms with van der Waals surface area (Å²) in [5.41, 5.74) is 5.61. The predicted octanol–water partition coefficient (Wildman–Crippen LogP) is 1.89. The first-order valence-electron chi connectivity index (χ1n) is 5.64. The van der Waals surface area contributed by atoms with Crippen molar-refractivity contribution in [2.75, 3.05) is 6.54 Å². The van der Waals surface area contributed by atoms with E-state index in [0.29, 0.717) is 11.6 Å². The number of hydrogen-bond donors (Lipinski definition) is 3. The van der Waals surface area contributed by atoms with Gasteiger partial charge in [0.25, 0.3) is 5.91 Å². The summed E-state index contributed by atoms with van der Waals surface area (Å²) in [6.07, 6.45) is 1.90. The number of benzene rings is 1. The largest absolute Gasteiger partial charge is 0.507 e. The molecule has 0 atom stereocenters. The standard InChI is InChI=1S/C12H16ClN3O2/c1-2-3-6-15-12(14)16-11(18)9-7-8(13)4-5-10(9)17/h4-5,7,17H,2-3,6H2,1H3,(H3,14,15,16,18). The highest BCUT2D eigenvalue weighted by molar-refractivity contribution is 6.31. The summed E-state index contributed by atoms with van der Waals surface area (Å²) in [6, 6.07) is 4.21. The van der Waals surface area contributed by atoms with Crippen molar-refractivity contribution in [3.63, 3.8) is 0 Å². The molecule has 6 heteroatoms. The van der Waals surface area contributed by atoms with Crippen LogP contribution in [0.2, 0.25) is 5.02 Å². The third kappa shape index (κ3) is 4.25. The van der Waals surface area contributed by atoms with Crippen LogP contribution in [0.25, 0.3) is 0 Å². The van der Waals surface area contributed by atoms with Gasteiger partial charge in [-0.25, -0.2) is 0 Å². The highest BCUT2D eigenvalue weighted by Crippen LogP contribution is 2.21. The second kappa shape index (κ2) is 6.86. The molecule has 0 radical (unpaired) electrons. The first-order chi connectivity index (χ1) is 8.54. The van der Waals surface area contributed by atoms with Gasteiger partial charge in [-0.15, -0.1) is 0 Å². The first-order valence-corrected chi connectivity index (χ1v) is 6.02. The van der Waals surface area contributed by atoms with E-state index >= 15 is 0 Å². The summed E-state index contributed by atoms with van der Waals surface area (Å²) in [6.45, 7) is 2.60. The number of phenols is 1. The predicted molar refractivity (Wildman–Crippen MR) is 72.0 cm³/mol. The van der Waals surface area contributed by atoms with Crippen molar-refractivity contribution in [1.82, 2.24) is 5.32 Å². The lowest BCUT2D eigenvalue weighted by Crippen LogP contribution is -2.37. The molecule has 0 spiro atoms. The van der Waals surface area contributed by atoms with E-state index in [1.807, 2.05) is 6.92 Å². The Balaban J connectivity index is 2.70. The third-order valence-corrected chi connectivity index (χ3v) is 2.47. The van der Waals surface area contributed by atoms with Gasteiger partial charge in [0, 0.05) is 11.6 Å². The second-order valence-corrected chi connectivity index (χ2v) is 4.17. The van der Waals surface area contributed by atoms with Crippen LogP contribution in [0.5, 0.6) is 5.75 Å². The van der Waals surface area contributed by atoms with Gasteiger partial charge in [-0.1, -0.05) is 24.9 Å². The number of carbonyl (C=O) groups excluding carboxylic acids is 1. The molecule has 0 aromatic heterocycles. The monoisotopic (exact) mass is 269 g/mol. The number of nitrogens with two attached hydrogens (primary N) is 1. The van der Waals surface area contributed by atoms with Gasteiger partial charge in [0.1, 0.15) is 5.75 Å². The van der Waals surface area contributed by atoms with Crippen LogP contribution in [0.3, 0.4) is 0 Å². The minimum atomic E-state index is -0.534. The molecule has 0 heterocycles. The van der Waals surface area contributed by atoms with E-state index in [-0.39, 0.29) is 17.3 Å². The topological polar surface area (TPSA) is 87.7 Å². The first kappa shape index (κ1) is 14.3. The Labute approximate surface area is 111 Å². The van der Waals surface area contributed by atoms with Crippen LogP contribution >= 0.6 is 11.6 Å². The molecule has 1 amide bonds. The van der Waals surface area contributed by atoms with Crippen LogP contribution in [0.4, 0.5) is 0 Å². The lowest BCUT2D eigenvalue weighted by Gasteiger charge is -2.06. The highest BCUT2D eigenvalue weighted by Gasteiger charge is 2.12. The van der Waals surface area contributed by atoms with Gasteiger partial charge in [-0.3, -0.25) is 15.1 Å². The zero-order valence-corrected chi connectivity index (χ0v) is 10.9. The van der Waals surface area contributed by atoms with Gasteiger partial charge in [0.2, 0.25) is 0 Å². The number of carbonyl (C=O) groups is 1. The molecule has 0 bridgehead atoms. The summed E-state index contributed by atoms with van der Waals surface area (Å²) in [5, 5.41) is 12.3. The Morgan fingerprint density at radius 3 is 2.94 bits per heavy atom. The lowest BCUT2D eigenvalue weighted by molar-refractivity contribution is 0.0974. The Morgan fingerprint density at radius 2 is 2.28 bits per heavy atom. The van der Waals surface area contributed by atoms with Crippen molar-refractivity contribution < 1.29 is 9.90 Å². The molecule has 0 aliphatic heterocycles. The maximum Gasteiger partial charge on any atom is 0.261 e. The third-order valence-electron chi connectivity index (χ3n) is 2.24. The Kier molecular flexibility index (Phi) is 5.45. The van der Waals surface area contributed by atoms with Gasteiger partial charge in [-0.05, 0) is 24.6 Å². The van der Waals surface area contributed by atoms with Gasteiger partial charge in [-0.2, -0.15) is 0 Å². The normalized spacial score (nSPS) is 11.3. The van der Waals surface area contributed by atoms with Gasteiger partial charge in [0.15, 0.2) is 5.96 Å². The average molecular weight is 270 g/mol. The summed E-state index contributed by atoms with van der Waals surface area (Å²) >= 11 is 5.75. The average Bonchev–Trinajstić information content (AvgIpc) is 2.32. The fourth-order valence-electron chi connectivity index (χ4n) is 1.27. The molecule has 0 unspecified atom stereocenters. The Hall–Kier alpha value is -1.75. The van der Waals surface area contributed by atoms with Crippen LogP contribution in [-0.2, 0) is 0 Å². The molecular formula is C12H16ClN3O2. The Bertz CT molecular complexity index is 461. The van der Waals surface area contributed by atoms with Crippen molar-refractivity contribution in [2.24, 2.45) is 10.7 Å². The molecule has 98 valence electrons. The number of nitrogens with one attached hydrogen (secondary N) is 1. The molecule has 5 nitrogen and oxygen atoms in total. The van der Waals surface area contributed by atoms with E-state index in [4.69, 9.17) is 17.3 Å². The van der Waals surface area contributed by atoms with Crippen molar-refractivity contribution in [3.05, 3.63) is 28.8 Å². The molecule has 1 aromatic carbocycles. The molecule has 1 rings (SSSR count). The van der Waals surface area contributed by atoms with Crippen molar-refractivity contribution >= 4 is 23.5 Å². The van der Waals surface area contributed by atoms with Gasteiger partial charge < -0.3 is 10.8 Å². The maximum absolute atomic E-state index is 11.8. The molecular weight excluding hydrogens is 254 g/mol. The summed E-state index contributed by atoms with van der Waals surface area (Å²) < 4.78 is 0. The molecule has 1 aromatic rings. The minimum absolute atomic E-state index is 0.0350. The zero-order valence-electron chi connectivity index (χ0n) is 10.1. The van der Waals surface area contributed by atoms with Crippen molar-refractivity contribution in [2.45, 2.75) is 19.8 Å². The number of amides is 1. The second-order valence-electron chi connectivity index (χ2n) is 3.74. The van der Waals surface area contributed by atoms with Crippen molar-refractivity contribution in [1.29, 1.82) is 0 Å². The smallest absolute Gasteiger partial charge is 0.261 e. The van der Waals surface area contributed by atoms with E-state index in [1.165, 1.54) is 18.2 Å². The zero-order chi connectivity index (χ0) is 13.5. The summed E-state index contributed by atoms with van der Waals surface area (Å²) in [7, 11) is 0. The Morgan fingerprint density at radius 1 is 1.56 bits per heavy atom. The van der Waals surface area contributed by atoms with Crippen LogP contribution in [0.1, 0.15) is 30.1 Å². The number of unbranched alkanes of at least 4 members (excludes halogenated alkanes) is 1. The number of hydrogen-bond acceptors (Lipinski definition) is 3. The van der Waals surface area contributed by atoms with Gasteiger partial charge in [0.05, 0.1) is 5.56 Å². The van der Waals surface area contributed by atoms with E-state index in [1.54, 1.807) is 0 Å². The van der Waals surface area contributed by atoms with Gasteiger partial charge >= 0.3 is 0 Å². The molecule has 0 saturated carbocycles. The molecule has 0 saturated heterocycles. The number of phenolic OH excluding ortho intramolecular Hbond substituents is 1.